The lowest BCUT2D eigenvalue weighted by Gasteiger charge is -2.17. The van der Waals surface area contributed by atoms with E-state index in [2.05, 4.69) is 17.2 Å². The van der Waals surface area contributed by atoms with E-state index in [1.807, 2.05) is 32.2 Å². The SMILES string of the molecule is CCNC(c1cncc(OCC)c1)c1occc1C. The van der Waals surface area contributed by atoms with Crippen LogP contribution in [-0.4, -0.2) is 18.1 Å². The molecular formula is C15H20N2O2. The summed E-state index contributed by atoms with van der Waals surface area (Å²) in [6.07, 6.45) is 5.29. The normalized spacial score (nSPS) is 12.4. The van der Waals surface area contributed by atoms with Crippen LogP contribution in [0.5, 0.6) is 5.75 Å². The molecular weight excluding hydrogens is 240 g/mol. The summed E-state index contributed by atoms with van der Waals surface area (Å²) >= 11 is 0. The molecule has 0 bridgehead atoms. The van der Waals surface area contributed by atoms with Crippen LogP contribution in [-0.2, 0) is 0 Å². The average Bonchev–Trinajstić information content (AvgIpc) is 2.83. The first-order valence-electron chi connectivity index (χ1n) is 6.61. The van der Waals surface area contributed by atoms with E-state index >= 15 is 0 Å². The second-order valence-corrected chi connectivity index (χ2v) is 4.35. The maximum atomic E-state index is 5.60. The number of aryl methyl sites for hydroxylation is 1. The molecule has 1 N–H and O–H groups in total. The Labute approximate surface area is 113 Å². The van der Waals surface area contributed by atoms with E-state index in [1.165, 1.54) is 0 Å². The van der Waals surface area contributed by atoms with E-state index in [1.54, 1.807) is 12.5 Å². The van der Waals surface area contributed by atoms with Gasteiger partial charge in [-0.15, -0.1) is 0 Å². The molecule has 2 heterocycles. The van der Waals surface area contributed by atoms with Gasteiger partial charge in [-0.3, -0.25) is 4.98 Å². The van der Waals surface area contributed by atoms with Crippen LogP contribution >= 0.6 is 0 Å². The number of hydrogen-bond donors (Lipinski definition) is 1. The fourth-order valence-corrected chi connectivity index (χ4v) is 2.09. The molecule has 0 aliphatic heterocycles. The highest BCUT2D eigenvalue weighted by Gasteiger charge is 2.19. The molecule has 0 saturated heterocycles. The van der Waals surface area contributed by atoms with Crippen molar-refractivity contribution < 1.29 is 9.15 Å². The highest BCUT2D eigenvalue weighted by molar-refractivity contribution is 5.33. The fourth-order valence-electron chi connectivity index (χ4n) is 2.09. The molecule has 2 aromatic heterocycles. The molecule has 2 rings (SSSR count). The monoisotopic (exact) mass is 260 g/mol. The van der Waals surface area contributed by atoms with Gasteiger partial charge >= 0.3 is 0 Å². The minimum absolute atomic E-state index is 0.00732. The van der Waals surface area contributed by atoms with E-state index in [0.717, 1.165) is 29.2 Å². The van der Waals surface area contributed by atoms with Gasteiger partial charge in [0.2, 0.25) is 0 Å². The first-order valence-corrected chi connectivity index (χ1v) is 6.61. The Morgan fingerprint density at radius 3 is 2.84 bits per heavy atom. The standard InChI is InChI=1S/C15H20N2O2/c1-4-17-14(15-11(3)6-7-19-15)12-8-13(18-5-2)10-16-9-12/h6-10,14,17H,4-5H2,1-3H3. The van der Waals surface area contributed by atoms with Gasteiger partial charge in [0, 0.05) is 6.20 Å². The van der Waals surface area contributed by atoms with Crippen LogP contribution in [0.15, 0.2) is 35.2 Å². The molecule has 1 atom stereocenters. The summed E-state index contributed by atoms with van der Waals surface area (Å²) in [4.78, 5) is 4.24. The van der Waals surface area contributed by atoms with Crippen LogP contribution in [0.3, 0.4) is 0 Å². The number of aromatic nitrogens is 1. The molecule has 0 spiro atoms. The van der Waals surface area contributed by atoms with Crippen molar-refractivity contribution in [2.24, 2.45) is 0 Å². The van der Waals surface area contributed by atoms with Gasteiger partial charge in [0.05, 0.1) is 25.1 Å². The molecule has 0 fully saturated rings. The number of hydrogen-bond acceptors (Lipinski definition) is 4. The number of pyridine rings is 1. The molecule has 0 aromatic carbocycles. The van der Waals surface area contributed by atoms with Crippen LogP contribution < -0.4 is 10.1 Å². The van der Waals surface area contributed by atoms with Crippen LogP contribution in [0.25, 0.3) is 0 Å². The first-order chi connectivity index (χ1) is 9.26. The maximum absolute atomic E-state index is 5.60. The van der Waals surface area contributed by atoms with Crippen molar-refractivity contribution in [3.63, 3.8) is 0 Å². The van der Waals surface area contributed by atoms with Crippen molar-refractivity contribution in [2.75, 3.05) is 13.2 Å². The third-order valence-corrected chi connectivity index (χ3v) is 2.95. The summed E-state index contributed by atoms with van der Waals surface area (Å²) in [5.74, 6) is 1.71. The van der Waals surface area contributed by atoms with Gasteiger partial charge in [-0.2, -0.15) is 0 Å². The summed E-state index contributed by atoms with van der Waals surface area (Å²) in [6, 6.07) is 3.98. The Kier molecular flexibility index (Phi) is 4.58. The molecule has 1 unspecified atom stereocenters. The smallest absolute Gasteiger partial charge is 0.137 e. The second kappa shape index (κ2) is 6.38. The van der Waals surface area contributed by atoms with E-state index < -0.39 is 0 Å². The van der Waals surface area contributed by atoms with E-state index in [9.17, 15) is 0 Å². The van der Waals surface area contributed by atoms with Gasteiger partial charge < -0.3 is 14.5 Å². The van der Waals surface area contributed by atoms with Gasteiger partial charge in [0.1, 0.15) is 11.5 Å². The highest BCUT2D eigenvalue weighted by Crippen LogP contribution is 2.27. The summed E-state index contributed by atoms with van der Waals surface area (Å²) in [7, 11) is 0. The molecule has 0 amide bonds. The van der Waals surface area contributed by atoms with Gasteiger partial charge in [-0.05, 0) is 43.7 Å². The molecule has 4 nitrogen and oxygen atoms in total. The Morgan fingerprint density at radius 1 is 1.37 bits per heavy atom. The minimum atomic E-state index is 0.00732. The fraction of sp³-hybridized carbons (Fsp3) is 0.400. The molecule has 0 aliphatic rings. The minimum Gasteiger partial charge on any atom is -0.492 e. The second-order valence-electron chi connectivity index (χ2n) is 4.35. The summed E-state index contributed by atoms with van der Waals surface area (Å²) in [6.45, 7) is 7.57. The lowest BCUT2D eigenvalue weighted by atomic mass is 10.0. The van der Waals surface area contributed by atoms with E-state index in [4.69, 9.17) is 9.15 Å². The van der Waals surface area contributed by atoms with E-state index in [0.29, 0.717) is 6.61 Å². The van der Waals surface area contributed by atoms with Crippen molar-refractivity contribution in [1.29, 1.82) is 0 Å². The maximum Gasteiger partial charge on any atom is 0.137 e. The predicted octanol–water partition coefficient (Wildman–Crippen LogP) is 3.08. The Hall–Kier alpha value is -1.81. The van der Waals surface area contributed by atoms with Crippen LogP contribution in [0.1, 0.15) is 36.8 Å². The Balaban J connectivity index is 2.33. The van der Waals surface area contributed by atoms with Crippen molar-refractivity contribution in [3.05, 3.63) is 47.7 Å². The van der Waals surface area contributed by atoms with Gasteiger partial charge in [-0.1, -0.05) is 6.92 Å². The Morgan fingerprint density at radius 2 is 2.21 bits per heavy atom. The van der Waals surface area contributed by atoms with Gasteiger partial charge in [0.15, 0.2) is 0 Å². The number of nitrogens with one attached hydrogen (secondary N) is 1. The third kappa shape index (κ3) is 3.15. The summed E-state index contributed by atoms with van der Waals surface area (Å²) < 4.78 is 11.1. The zero-order valence-corrected chi connectivity index (χ0v) is 11.6. The molecule has 102 valence electrons. The number of rotatable bonds is 6. The molecule has 0 saturated carbocycles. The molecule has 2 aromatic rings. The number of furan rings is 1. The van der Waals surface area contributed by atoms with Crippen molar-refractivity contribution >= 4 is 0 Å². The zero-order chi connectivity index (χ0) is 13.7. The summed E-state index contributed by atoms with van der Waals surface area (Å²) in [5, 5.41) is 3.42. The topological polar surface area (TPSA) is 47.3 Å². The van der Waals surface area contributed by atoms with Crippen LogP contribution in [0, 0.1) is 6.92 Å². The lowest BCUT2D eigenvalue weighted by molar-refractivity contribution is 0.337. The highest BCUT2D eigenvalue weighted by atomic mass is 16.5. The number of nitrogens with zero attached hydrogens (tertiary/aromatic N) is 1. The molecule has 19 heavy (non-hydrogen) atoms. The zero-order valence-electron chi connectivity index (χ0n) is 11.6. The lowest BCUT2D eigenvalue weighted by Crippen LogP contribution is -2.22. The van der Waals surface area contributed by atoms with E-state index in [-0.39, 0.29) is 6.04 Å². The van der Waals surface area contributed by atoms with Crippen molar-refractivity contribution in [2.45, 2.75) is 26.8 Å². The van der Waals surface area contributed by atoms with Gasteiger partial charge in [-0.25, -0.2) is 0 Å². The summed E-state index contributed by atoms with van der Waals surface area (Å²) in [5.41, 5.74) is 2.18. The Bertz CT molecular complexity index is 522. The van der Waals surface area contributed by atoms with Gasteiger partial charge in [0.25, 0.3) is 0 Å². The van der Waals surface area contributed by atoms with Crippen LogP contribution in [0.4, 0.5) is 0 Å². The quantitative estimate of drug-likeness (QED) is 0.867. The van der Waals surface area contributed by atoms with Crippen molar-refractivity contribution in [3.8, 4) is 5.75 Å². The largest absolute Gasteiger partial charge is 0.492 e. The first kappa shape index (κ1) is 13.6. The molecule has 0 aliphatic carbocycles. The average molecular weight is 260 g/mol. The molecule has 4 heteroatoms. The van der Waals surface area contributed by atoms with Crippen molar-refractivity contribution in [1.82, 2.24) is 10.3 Å². The predicted molar refractivity (Wildman–Crippen MR) is 74.4 cm³/mol. The molecule has 0 radical (unpaired) electrons. The van der Waals surface area contributed by atoms with Crippen LogP contribution in [0.2, 0.25) is 0 Å². The number of ether oxygens (including phenoxy) is 1. The third-order valence-electron chi connectivity index (χ3n) is 2.95.